The molecule has 0 radical (unpaired) electrons. The minimum Gasteiger partial charge on any atom is -0.493 e. The molecule has 0 spiro atoms. The van der Waals surface area contributed by atoms with Gasteiger partial charge in [0.05, 0.1) is 17.3 Å². The maximum absolute atomic E-state index is 12.6. The highest BCUT2D eigenvalue weighted by molar-refractivity contribution is 6.33. The molecule has 16 rings (SSSR count). The maximum atomic E-state index is 12.6. The average Bonchev–Trinajstić information content (AvgIpc) is 1.55. The standard InChI is InChI=1S/C14H19ClO.C14H17Cl.C13H18ClNO.C12H16ClNO.C10H15N.C9H9ClO.C9H10F2O.C8H6F4O.C8H11N.C7H8ClN.C7H6F3NO/c1-10-6-13(11(2)14(15)7-10)8-12-4-3-5-16-9-12;1-9-6-12(10(2)13(15)7-9)14-5-3-4-11(14)8-14;1-10-5-12(14)7-13(6-10)16-9-11-3-4-15(2)8-11;1-9-5-10(13)7-12(6-9)15-11-3-4-14(2)8-11;1-8-5-6-9(11-7-8)10(2,3)4;1-6-3-8(5-11)7(2)9(10)4-6;1-6-3-4-7(2)8(5-6)12-9(10)11;1-5-2-6(9)4-7(3-5)13-8(10,11)12;1-6-4-7(2)9-8(3)5-6;1-5-3-7(8)6(2)9-4-5;1-5-4-6(2-3-11-5)12-7(8,9)10/h6-7,12H,3-5,8-9H2,1-2H3;6-7,11H,3-5,8H2,1-2H3;5-7,11H,3-4,8-9H2,1-2H3;5-7,11H,3-4,8H2,1-2H3;5-7H,1-4H3;3-5H,1-2H3;3-5,9H,1-2H3;2-4H,1H3;4-5H,1-3H3;3-4H,1-2H3;2-4H,1H3. The van der Waals surface area contributed by atoms with Gasteiger partial charge < -0.3 is 38.2 Å². The number of carbonyl (C=O) groups is 1. The van der Waals surface area contributed by atoms with E-state index in [-0.39, 0.29) is 16.9 Å². The molecular formula is C111H135Cl6F9N6O7. The Hall–Kier alpha value is -9.20. The number of fused-ring (bicyclic) bond motifs is 1. The minimum atomic E-state index is -4.78. The van der Waals surface area contributed by atoms with Gasteiger partial charge >= 0.3 is 19.3 Å². The maximum Gasteiger partial charge on any atom is 0.573 e. The molecule has 2 aliphatic carbocycles. The van der Waals surface area contributed by atoms with E-state index in [0.29, 0.717) is 51.3 Å². The largest absolute Gasteiger partial charge is 0.573 e. The van der Waals surface area contributed by atoms with Gasteiger partial charge in [0.25, 0.3) is 0 Å². The number of ether oxygens (including phenoxy) is 6. The molecule has 0 bridgehead atoms. The fourth-order valence-electron chi connectivity index (χ4n) is 16.1. The van der Waals surface area contributed by atoms with Crippen LogP contribution >= 0.6 is 69.6 Å². The van der Waals surface area contributed by atoms with Gasteiger partial charge in [0.15, 0.2) is 0 Å². The van der Waals surface area contributed by atoms with E-state index in [9.17, 15) is 44.3 Å². The summed E-state index contributed by atoms with van der Waals surface area (Å²) in [6.07, 6.45) is 8.28. The van der Waals surface area contributed by atoms with Crippen molar-refractivity contribution in [3.8, 4) is 28.7 Å². The second kappa shape index (κ2) is 56.6. The number of hydrogen-bond acceptors (Lipinski definition) is 13. The number of pyridine rings is 4. The summed E-state index contributed by atoms with van der Waals surface area (Å²) in [4.78, 5) is 31.5. The summed E-state index contributed by atoms with van der Waals surface area (Å²) >= 11 is 36.0. The molecule has 5 atom stereocenters. The number of alkyl halides is 8. The van der Waals surface area contributed by atoms with Crippen LogP contribution in [0.5, 0.6) is 28.7 Å². The number of rotatable bonds is 13. The number of halogens is 15. The molecule has 0 amide bonds. The normalized spacial score (nSPS) is 16.7. The lowest BCUT2D eigenvalue weighted by atomic mass is 9.88. The number of carbonyl (C=O) groups excluding carboxylic acids is 1. The zero-order chi connectivity index (χ0) is 104. The molecule has 756 valence electrons. The van der Waals surface area contributed by atoms with Gasteiger partial charge in [-0.1, -0.05) is 127 Å². The summed E-state index contributed by atoms with van der Waals surface area (Å²) in [6, 6.07) is 44.9. The molecule has 7 heterocycles. The predicted octanol–water partition coefficient (Wildman–Crippen LogP) is 32.1. The van der Waals surface area contributed by atoms with Crippen molar-refractivity contribution in [1.82, 2.24) is 29.7 Å². The minimum absolute atomic E-state index is 0.174. The number of aldehydes is 1. The number of hydrogen-bond donors (Lipinski definition) is 0. The van der Waals surface area contributed by atoms with Gasteiger partial charge in [0.1, 0.15) is 47.0 Å². The SMILES string of the molecule is Cc1cc(C)nc(C)c1.Cc1cc(Cl)c(C)c(C23CCCC2C3)c1.Cc1cc(Cl)c(C)c(C=O)c1.Cc1cc(Cl)c(C)c(CC2CCCOC2)c1.Cc1cc(Cl)cc(OC2CCN(C)C2)c1.Cc1cc(Cl)cc(OCC2CCN(C)C2)c1.Cc1cc(F)cc(OC(F)(F)F)c1.Cc1cc(OC(F)(F)F)ccn1.Cc1ccc(C(C)(C)C)nc1.Cc1ccc(C)c(OC(F)F)c1.Cc1cnc(C)c(Cl)c1. The number of benzene rings is 7. The Kier molecular flexibility index (Phi) is 48.2. The molecule has 5 unspecified atom stereocenters. The number of likely N-dealkylation sites (N-methyl/N-ethyl adjacent to an activating group) is 1. The van der Waals surface area contributed by atoms with E-state index >= 15 is 0 Å². The van der Waals surface area contributed by atoms with E-state index in [1.165, 1.54) is 110 Å². The predicted molar refractivity (Wildman–Crippen MR) is 550 cm³/mol. The van der Waals surface area contributed by atoms with Gasteiger partial charge in [-0.3, -0.25) is 24.7 Å². The summed E-state index contributed by atoms with van der Waals surface area (Å²) < 4.78 is 135. The monoisotopic (exact) mass is 2040 g/mol. The second-order valence-corrected chi connectivity index (χ2v) is 40.0. The number of aryl methyl sites for hydroxylation is 15. The number of aromatic nitrogens is 4. The molecule has 13 nitrogen and oxygen atoms in total. The lowest BCUT2D eigenvalue weighted by Crippen LogP contribution is -2.21. The molecule has 139 heavy (non-hydrogen) atoms. The van der Waals surface area contributed by atoms with E-state index in [1.807, 2.05) is 135 Å². The Morgan fingerprint density at radius 3 is 1.55 bits per heavy atom. The third-order valence-electron chi connectivity index (χ3n) is 23.1. The van der Waals surface area contributed by atoms with Gasteiger partial charge in [-0.2, -0.15) is 8.78 Å². The Bertz CT molecular complexity index is 5610. The fourth-order valence-corrected chi connectivity index (χ4v) is 17.7. The van der Waals surface area contributed by atoms with Crippen LogP contribution in [0.4, 0.5) is 39.5 Å². The molecule has 7 aromatic carbocycles. The summed E-state index contributed by atoms with van der Waals surface area (Å²) in [5.74, 6) is 2.80. The summed E-state index contributed by atoms with van der Waals surface area (Å²) in [5, 5.41) is 4.75. The Balaban J connectivity index is 0.000000236. The van der Waals surface area contributed by atoms with Crippen molar-refractivity contribution in [3.63, 3.8) is 0 Å². The first-order valence-corrected chi connectivity index (χ1v) is 48.5. The van der Waals surface area contributed by atoms with E-state index in [0.717, 1.165) is 181 Å². The zero-order valence-corrected chi connectivity index (χ0v) is 88.7. The van der Waals surface area contributed by atoms with Gasteiger partial charge in [0, 0.05) is 128 Å². The first-order valence-electron chi connectivity index (χ1n) is 46.2. The summed E-state index contributed by atoms with van der Waals surface area (Å²) in [6.45, 7) is 45.9. The average molecular weight is 2050 g/mol. The molecule has 11 aromatic rings. The molecular weight excluding hydrogens is 1910 g/mol. The first-order chi connectivity index (χ1) is 65.0. The molecule has 0 N–H and O–H groups in total. The zero-order valence-electron chi connectivity index (χ0n) is 84.2. The lowest BCUT2D eigenvalue weighted by molar-refractivity contribution is -0.275. The second-order valence-electron chi connectivity index (χ2n) is 37.5. The highest BCUT2D eigenvalue weighted by atomic mass is 35.5. The van der Waals surface area contributed by atoms with Crippen LogP contribution in [0.25, 0.3) is 0 Å². The van der Waals surface area contributed by atoms with Crippen molar-refractivity contribution in [2.45, 2.75) is 239 Å². The van der Waals surface area contributed by atoms with E-state index in [1.54, 1.807) is 37.7 Å². The van der Waals surface area contributed by atoms with Crippen LogP contribution in [-0.2, 0) is 22.0 Å². The quantitative estimate of drug-likeness (QED) is 0.0802. The molecule has 2 saturated carbocycles. The van der Waals surface area contributed by atoms with Crippen LogP contribution < -0.4 is 23.7 Å². The Morgan fingerprint density at radius 1 is 0.496 bits per heavy atom. The Morgan fingerprint density at radius 2 is 1.04 bits per heavy atom. The van der Waals surface area contributed by atoms with Gasteiger partial charge in [-0.05, 0) is 412 Å². The molecule has 5 fully saturated rings. The van der Waals surface area contributed by atoms with Crippen LogP contribution in [0.3, 0.4) is 0 Å². The van der Waals surface area contributed by atoms with Crippen LogP contribution in [-0.4, -0.2) is 122 Å². The smallest absolute Gasteiger partial charge is 0.493 e. The molecule has 28 heteroatoms. The van der Waals surface area contributed by atoms with Crippen molar-refractivity contribution < 1.29 is 72.7 Å². The highest BCUT2D eigenvalue weighted by Crippen LogP contribution is 2.65. The lowest BCUT2D eigenvalue weighted by Gasteiger charge is -2.23. The molecule has 5 aliphatic rings. The van der Waals surface area contributed by atoms with Crippen LogP contribution in [0.15, 0.2) is 170 Å². The summed E-state index contributed by atoms with van der Waals surface area (Å²) in [7, 11) is 4.27. The van der Waals surface area contributed by atoms with Crippen molar-refractivity contribution in [2.75, 3.05) is 60.1 Å². The topological polar surface area (TPSA) is 130 Å². The first kappa shape index (κ1) is 119. The van der Waals surface area contributed by atoms with E-state index < -0.39 is 30.9 Å². The van der Waals surface area contributed by atoms with Gasteiger partial charge in [-0.25, -0.2) is 4.39 Å². The van der Waals surface area contributed by atoms with Gasteiger partial charge in [0.2, 0.25) is 0 Å². The molecule has 4 aromatic heterocycles. The summed E-state index contributed by atoms with van der Waals surface area (Å²) in [5.41, 5.74) is 24.0. The van der Waals surface area contributed by atoms with E-state index in [4.69, 9.17) is 83.8 Å². The van der Waals surface area contributed by atoms with Crippen molar-refractivity contribution >= 4 is 75.9 Å². The van der Waals surface area contributed by atoms with Crippen LogP contribution in [0, 0.1) is 148 Å². The van der Waals surface area contributed by atoms with Crippen LogP contribution in [0.1, 0.15) is 200 Å². The Labute approximate surface area is 847 Å². The van der Waals surface area contributed by atoms with Crippen molar-refractivity contribution in [3.05, 3.63) is 329 Å². The molecule has 3 aliphatic heterocycles. The third-order valence-corrected chi connectivity index (χ3v) is 25.1. The third kappa shape index (κ3) is 44.5. The molecule has 3 saturated heterocycles. The van der Waals surface area contributed by atoms with E-state index in [2.05, 4.69) is 163 Å². The number of likely N-dealkylation sites (tertiary alicyclic amines) is 2. The van der Waals surface area contributed by atoms with Crippen LogP contribution in [0.2, 0.25) is 30.1 Å². The number of nitrogens with zero attached hydrogens (tertiary/aromatic N) is 6. The highest BCUT2D eigenvalue weighted by Gasteiger charge is 2.58. The van der Waals surface area contributed by atoms with Gasteiger partial charge in [-0.15, -0.1) is 26.3 Å². The van der Waals surface area contributed by atoms with Crippen molar-refractivity contribution in [1.29, 1.82) is 0 Å². The van der Waals surface area contributed by atoms with Crippen molar-refractivity contribution in [2.24, 2.45) is 17.8 Å². The fraction of sp³-hybridized carbons (Fsp3) is 0.432.